The van der Waals surface area contributed by atoms with Crippen LogP contribution in [0.4, 0.5) is 5.69 Å². The van der Waals surface area contributed by atoms with E-state index in [2.05, 4.69) is 6.07 Å². The molecule has 0 spiro atoms. The Bertz CT molecular complexity index is 1160. The van der Waals surface area contributed by atoms with Gasteiger partial charge in [-0.3, -0.25) is 10.1 Å². The fraction of sp³-hybridized carbons (Fsp3) is 0.158. The van der Waals surface area contributed by atoms with E-state index in [0.717, 1.165) is 21.9 Å². The van der Waals surface area contributed by atoms with Crippen LogP contribution in [0.15, 0.2) is 59.5 Å². The molecule has 6 nitrogen and oxygen atoms in total. The van der Waals surface area contributed by atoms with E-state index in [1.807, 2.05) is 24.3 Å². The van der Waals surface area contributed by atoms with Crippen LogP contribution in [0.25, 0.3) is 10.8 Å². The van der Waals surface area contributed by atoms with Crippen molar-refractivity contribution < 1.29 is 13.3 Å². The van der Waals surface area contributed by atoms with Gasteiger partial charge in [-0.05, 0) is 35.1 Å². The Labute approximate surface area is 161 Å². The first kappa shape index (κ1) is 17.9. The van der Waals surface area contributed by atoms with Crippen molar-refractivity contribution in [3.05, 3.63) is 80.9 Å². The molecular formula is C19H15ClN2O4S. The van der Waals surface area contributed by atoms with Crippen molar-refractivity contribution in [2.45, 2.75) is 17.9 Å². The van der Waals surface area contributed by atoms with Gasteiger partial charge in [0, 0.05) is 30.6 Å². The molecule has 0 saturated heterocycles. The fourth-order valence-electron chi connectivity index (χ4n) is 3.39. The maximum atomic E-state index is 13.0. The lowest BCUT2D eigenvalue weighted by molar-refractivity contribution is -0.384. The monoisotopic (exact) mass is 402 g/mol. The van der Waals surface area contributed by atoms with E-state index in [1.165, 1.54) is 28.6 Å². The minimum absolute atomic E-state index is 0.0356. The lowest BCUT2D eigenvalue weighted by atomic mass is 9.96. The summed E-state index contributed by atoms with van der Waals surface area (Å²) in [5.41, 5.74) is 1.72. The van der Waals surface area contributed by atoms with Gasteiger partial charge in [-0.2, -0.15) is 4.31 Å². The summed E-state index contributed by atoms with van der Waals surface area (Å²) in [5, 5.41) is 13.3. The van der Waals surface area contributed by atoms with E-state index in [-0.39, 0.29) is 17.1 Å². The maximum Gasteiger partial charge on any atom is 0.269 e. The van der Waals surface area contributed by atoms with Gasteiger partial charge in [0.1, 0.15) is 0 Å². The number of fused-ring (bicyclic) bond motifs is 2. The molecule has 1 heterocycles. The molecule has 0 bridgehead atoms. The molecule has 0 unspecified atom stereocenters. The van der Waals surface area contributed by atoms with Crippen LogP contribution in [0.2, 0.25) is 5.02 Å². The second-order valence-corrected chi connectivity index (χ2v) is 8.70. The lowest BCUT2D eigenvalue weighted by Crippen LogP contribution is -2.36. The van der Waals surface area contributed by atoms with Crippen molar-refractivity contribution >= 4 is 38.1 Å². The number of nitro groups is 1. The number of benzene rings is 3. The number of non-ortho nitro benzene ring substituents is 1. The van der Waals surface area contributed by atoms with E-state index in [0.29, 0.717) is 18.0 Å². The predicted octanol–water partition coefficient (Wildman–Crippen LogP) is 4.15. The highest BCUT2D eigenvalue weighted by molar-refractivity contribution is 7.89. The van der Waals surface area contributed by atoms with E-state index >= 15 is 0 Å². The lowest BCUT2D eigenvalue weighted by Gasteiger charge is -2.29. The Balaban J connectivity index is 1.71. The molecule has 27 heavy (non-hydrogen) atoms. The summed E-state index contributed by atoms with van der Waals surface area (Å²) in [7, 11) is -3.77. The summed E-state index contributed by atoms with van der Waals surface area (Å²) in [4.78, 5) is 10.3. The van der Waals surface area contributed by atoms with Crippen molar-refractivity contribution in [2.75, 3.05) is 6.54 Å². The number of hydrogen-bond acceptors (Lipinski definition) is 4. The molecular weight excluding hydrogens is 388 g/mol. The Morgan fingerprint density at radius 2 is 1.78 bits per heavy atom. The second-order valence-electron chi connectivity index (χ2n) is 6.39. The highest BCUT2D eigenvalue weighted by atomic mass is 35.5. The van der Waals surface area contributed by atoms with Crippen LogP contribution in [0.5, 0.6) is 0 Å². The standard InChI is InChI=1S/C19H15ClN2O4S/c20-19-17-4-2-1-3-13(17)11-14-9-10-21(12-18(14)19)27(25,26)16-7-5-15(6-8-16)22(23)24/h1-8,11H,9-10,12H2. The summed E-state index contributed by atoms with van der Waals surface area (Å²) in [5.74, 6) is 0. The average Bonchev–Trinajstić information content (AvgIpc) is 2.68. The Kier molecular flexibility index (Phi) is 4.38. The summed E-state index contributed by atoms with van der Waals surface area (Å²) in [6.07, 6.45) is 0.562. The molecule has 0 radical (unpaired) electrons. The van der Waals surface area contributed by atoms with Gasteiger partial charge in [0.15, 0.2) is 0 Å². The van der Waals surface area contributed by atoms with Crippen LogP contribution in [0.1, 0.15) is 11.1 Å². The summed E-state index contributed by atoms with van der Waals surface area (Å²) in [6.45, 7) is 0.513. The molecule has 3 aromatic rings. The molecule has 0 N–H and O–H groups in total. The van der Waals surface area contributed by atoms with Gasteiger partial charge in [-0.25, -0.2) is 8.42 Å². The fourth-order valence-corrected chi connectivity index (χ4v) is 5.15. The van der Waals surface area contributed by atoms with Gasteiger partial charge in [0.25, 0.3) is 5.69 Å². The van der Waals surface area contributed by atoms with Crippen molar-refractivity contribution in [1.29, 1.82) is 0 Å². The molecule has 3 aromatic carbocycles. The normalized spacial score (nSPS) is 14.9. The van der Waals surface area contributed by atoms with E-state index in [1.54, 1.807) is 0 Å². The quantitative estimate of drug-likeness (QED) is 0.487. The first-order valence-corrected chi connectivity index (χ1v) is 10.1. The van der Waals surface area contributed by atoms with Gasteiger partial charge in [-0.15, -0.1) is 0 Å². The third-order valence-electron chi connectivity index (χ3n) is 4.83. The molecule has 0 saturated carbocycles. The van der Waals surface area contributed by atoms with Gasteiger partial charge in [0.2, 0.25) is 10.0 Å². The molecule has 0 atom stereocenters. The number of nitrogens with zero attached hydrogens (tertiary/aromatic N) is 2. The molecule has 0 amide bonds. The molecule has 1 aliphatic rings. The Morgan fingerprint density at radius 1 is 1.07 bits per heavy atom. The topological polar surface area (TPSA) is 80.5 Å². The van der Waals surface area contributed by atoms with Crippen LogP contribution in [-0.4, -0.2) is 24.2 Å². The molecule has 1 aliphatic heterocycles. The third-order valence-corrected chi connectivity index (χ3v) is 7.12. The van der Waals surface area contributed by atoms with Crippen molar-refractivity contribution in [1.82, 2.24) is 4.31 Å². The van der Waals surface area contributed by atoms with E-state index in [4.69, 9.17) is 11.6 Å². The molecule has 0 aliphatic carbocycles. The van der Waals surface area contributed by atoms with E-state index < -0.39 is 14.9 Å². The minimum Gasteiger partial charge on any atom is -0.258 e. The van der Waals surface area contributed by atoms with Crippen LogP contribution >= 0.6 is 11.6 Å². The van der Waals surface area contributed by atoms with Crippen LogP contribution < -0.4 is 0 Å². The number of hydrogen-bond donors (Lipinski definition) is 0. The maximum absolute atomic E-state index is 13.0. The Hall–Kier alpha value is -2.48. The van der Waals surface area contributed by atoms with Gasteiger partial charge < -0.3 is 0 Å². The van der Waals surface area contributed by atoms with Crippen LogP contribution in [-0.2, 0) is 23.0 Å². The highest BCUT2D eigenvalue weighted by Gasteiger charge is 2.30. The van der Waals surface area contributed by atoms with Crippen molar-refractivity contribution in [3.8, 4) is 0 Å². The van der Waals surface area contributed by atoms with Crippen molar-refractivity contribution in [2.24, 2.45) is 0 Å². The summed E-state index contributed by atoms with van der Waals surface area (Å²) >= 11 is 6.58. The number of halogens is 1. The third kappa shape index (κ3) is 3.07. The minimum atomic E-state index is -3.77. The SMILES string of the molecule is O=[N+]([O-])c1ccc(S(=O)(=O)N2CCc3cc4ccccc4c(Cl)c3C2)cc1. The Morgan fingerprint density at radius 3 is 2.48 bits per heavy atom. The first-order chi connectivity index (χ1) is 12.9. The zero-order valence-corrected chi connectivity index (χ0v) is 15.7. The molecule has 0 aromatic heterocycles. The molecule has 0 fully saturated rings. The summed E-state index contributed by atoms with van der Waals surface area (Å²) < 4.78 is 27.3. The molecule has 138 valence electrons. The molecule has 8 heteroatoms. The summed E-state index contributed by atoms with van der Waals surface area (Å²) in [6, 6.07) is 14.7. The van der Waals surface area contributed by atoms with Crippen LogP contribution in [0.3, 0.4) is 0 Å². The number of sulfonamides is 1. The van der Waals surface area contributed by atoms with Gasteiger partial charge >= 0.3 is 0 Å². The van der Waals surface area contributed by atoms with Crippen LogP contribution in [0, 0.1) is 10.1 Å². The smallest absolute Gasteiger partial charge is 0.258 e. The average molecular weight is 403 g/mol. The number of rotatable bonds is 3. The zero-order valence-electron chi connectivity index (χ0n) is 14.1. The highest BCUT2D eigenvalue weighted by Crippen LogP contribution is 2.35. The van der Waals surface area contributed by atoms with Crippen molar-refractivity contribution in [3.63, 3.8) is 0 Å². The van der Waals surface area contributed by atoms with Gasteiger partial charge in [0.05, 0.1) is 14.8 Å². The van der Waals surface area contributed by atoms with E-state index in [9.17, 15) is 18.5 Å². The zero-order chi connectivity index (χ0) is 19.2. The number of nitro benzene ring substituents is 1. The first-order valence-electron chi connectivity index (χ1n) is 8.31. The molecule has 4 rings (SSSR count). The second kappa shape index (κ2) is 6.60. The largest absolute Gasteiger partial charge is 0.269 e. The van der Waals surface area contributed by atoms with Gasteiger partial charge in [-0.1, -0.05) is 41.9 Å². The predicted molar refractivity (Wildman–Crippen MR) is 103 cm³/mol.